The highest BCUT2D eigenvalue weighted by Crippen LogP contribution is 2.18. The van der Waals surface area contributed by atoms with E-state index in [9.17, 15) is 4.79 Å². The van der Waals surface area contributed by atoms with E-state index in [1.165, 1.54) is 0 Å². The fourth-order valence-electron chi connectivity index (χ4n) is 1.73. The zero-order valence-corrected chi connectivity index (χ0v) is 13.5. The lowest BCUT2D eigenvalue weighted by Crippen LogP contribution is -1.98. The Balaban J connectivity index is 0.000000470. The highest BCUT2D eigenvalue weighted by atomic mass is 32.2. The number of nitrogens with one attached hydrogen (secondary N) is 1. The summed E-state index contributed by atoms with van der Waals surface area (Å²) in [4.78, 5) is 13.5. The number of aliphatic hydroxyl groups is 1. The number of carboxylic acids is 1. The number of carbonyl (C=O) groups is 1. The normalized spacial score (nSPS) is 9.45. The number of aromatic amines is 1. The van der Waals surface area contributed by atoms with Crippen LogP contribution in [0.5, 0.6) is 0 Å². The van der Waals surface area contributed by atoms with Crippen molar-refractivity contribution >= 4 is 28.9 Å². The number of aliphatic carboxylic acids is 1. The second-order valence-electron chi connectivity index (χ2n) is 4.23. The van der Waals surface area contributed by atoms with Crippen LogP contribution in [0.1, 0.15) is 18.4 Å². The molecule has 0 aliphatic rings. The van der Waals surface area contributed by atoms with Crippen LogP contribution in [0.2, 0.25) is 0 Å². The van der Waals surface area contributed by atoms with Gasteiger partial charge < -0.3 is 25.5 Å². The zero-order valence-electron chi connectivity index (χ0n) is 12.7. The van der Waals surface area contributed by atoms with Crippen molar-refractivity contribution in [3.05, 3.63) is 36.0 Å². The Kier molecular flexibility index (Phi) is 12.2. The molecule has 124 valence electrons. The fourth-order valence-corrected chi connectivity index (χ4v) is 2.02. The first-order chi connectivity index (χ1) is 10.7. The van der Waals surface area contributed by atoms with E-state index in [1.54, 1.807) is 0 Å². The number of hydrogen-bond acceptors (Lipinski definition) is 5. The van der Waals surface area contributed by atoms with E-state index in [2.05, 4.69) is 4.98 Å². The second kappa shape index (κ2) is 13.1. The number of aryl methyl sites for hydroxylation is 1. The van der Waals surface area contributed by atoms with Crippen LogP contribution < -0.4 is 5.73 Å². The van der Waals surface area contributed by atoms with Crippen LogP contribution in [0.15, 0.2) is 30.5 Å². The average molecular weight is 328 g/mol. The molecular formula is C15H24N2O4S. The van der Waals surface area contributed by atoms with Crippen molar-refractivity contribution in [1.29, 1.82) is 0 Å². The molecule has 1 heterocycles. The number of nitrogens with two attached hydrogens (primary N) is 1. The number of fused-ring (bicyclic) bond motifs is 1. The summed E-state index contributed by atoms with van der Waals surface area (Å²) in [6, 6.07) is 7.91. The molecule has 0 saturated carbocycles. The molecule has 22 heavy (non-hydrogen) atoms. The third-order valence-corrected chi connectivity index (χ3v) is 3.19. The van der Waals surface area contributed by atoms with E-state index in [1.807, 2.05) is 30.5 Å². The largest absolute Gasteiger partial charge is 0.481 e. The minimum Gasteiger partial charge on any atom is -0.481 e. The Bertz CT molecular complexity index is 527. The lowest BCUT2D eigenvalue weighted by atomic mass is 10.1. The Morgan fingerprint density at radius 3 is 2.55 bits per heavy atom. The number of hydrogen-bond donors (Lipinski definition) is 5. The summed E-state index contributed by atoms with van der Waals surface area (Å²) in [5.41, 5.74) is 7.23. The standard InChI is InChI=1S/C11H11NO2.C3H9NOS.CH4O/c13-11(14)6-5-8-7-12-10-4-2-1-3-9(8)10;4-2-1-3-6-5;1-2/h1-4,7,12H,5-6H2,(H,13,14);5H,1-4H2;2H,1H3. The van der Waals surface area contributed by atoms with Gasteiger partial charge in [0.15, 0.2) is 0 Å². The summed E-state index contributed by atoms with van der Waals surface area (Å²) in [6.07, 6.45) is 3.55. The predicted octanol–water partition coefficient (Wildman–Crippen LogP) is 2.33. The van der Waals surface area contributed by atoms with Crippen molar-refractivity contribution < 1.29 is 19.6 Å². The SMILES string of the molecule is CO.NCCCSO.O=C(O)CCc1c[nH]c2ccccc12. The molecule has 0 atom stereocenters. The molecule has 0 spiro atoms. The molecule has 0 radical (unpaired) electrons. The van der Waals surface area contributed by atoms with Crippen LogP contribution in [-0.4, -0.2) is 45.1 Å². The molecule has 0 unspecified atom stereocenters. The predicted molar refractivity (Wildman–Crippen MR) is 91.2 cm³/mol. The maximum absolute atomic E-state index is 10.4. The molecular weight excluding hydrogens is 304 g/mol. The van der Waals surface area contributed by atoms with Gasteiger partial charge in [0.25, 0.3) is 0 Å². The first-order valence-corrected chi connectivity index (χ1v) is 7.81. The van der Waals surface area contributed by atoms with Gasteiger partial charge in [0.1, 0.15) is 0 Å². The van der Waals surface area contributed by atoms with Crippen LogP contribution >= 0.6 is 12.0 Å². The monoisotopic (exact) mass is 328 g/mol. The van der Waals surface area contributed by atoms with Crippen molar-refractivity contribution in [3.8, 4) is 0 Å². The molecule has 0 fully saturated rings. The summed E-state index contributed by atoms with van der Waals surface area (Å²) in [5, 5.41) is 16.7. The lowest BCUT2D eigenvalue weighted by Gasteiger charge is -1.95. The quantitative estimate of drug-likeness (QED) is 0.410. The first-order valence-electron chi connectivity index (χ1n) is 6.87. The Morgan fingerprint density at radius 2 is 2.00 bits per heavy atom. The first kappa shape index (κ1) is 20.5. The van der Waals surface area contributed by atoms with E-state index < -0.39 is 5.97 Å². The molecule has 6 nitrogen and oxygen atoms in total. The average Bonchev–Trinajstić information content (AvgIpc) is 2.97. The van der Waals surface area contributed by atoms with Crippen molar-refractivity contribution in [3.63, 3.8) is 0 Å². The van der Waals surface area contributed by atoms with E-state index in [-0.39, 0.29) is 6.42 Å². The van der Waals surface area contributed by atoms with Gasteiger partial charge in [-0.15, -0.1) is 0 Å². The Morgan fingerprint density at radius 1 is 1.32 bits per heavy atom. The number of para-hydroxylation sites is 1. The summed E-state index contributed by atoms with van der Waals surface area (Å²) < 4.78 is 8.06. The number of aliphatic hydroxyl groups excluding tert-OH is 1. The minimum absolute atomic E-state index is 0.182. The number of H-pyrrole nitrogens is 1. The summed E-state index contributed by atoms with van der Waals surface area (Å²) in [5.74, 6) is 0.00605. The van der Waals surface area contributed by atoms with E-state index in [0.717, 1.165) is 47.8 Å². The van der Waals surface area contributed by atoms with E-state index in [4.69, 9.17) is 20.5 Å². The highest BCUT2D eigenvalue weighted by Gasteiger charge is 2.04. The molecule has 0 bridgehead atoms. The van der Waals surface area contributed by atoms with Gasteiger partial charge in [-0.25, -0.2) is 0 Å². The summed E-state index contributed by atoms with van der Waals surface area (Å²) >= 11 is 0.846. The van der Waals surface area contributed by atoms with Crippen LogP contribution in [-0.2, 0) is 11.2 Å². The molecule has 0 saturated heterocycles. The van der Waals surface area contributed by atoms with Crippen LogP contribution in [0, 0.1) is 0 Å². The minimum atomic E-state index is -0.754. The topological polar surface area (TPSA) is 120 Å². The van der Waals surface area contributed by atoms with Crippen molar-refractivity contribution in [2.75, 3.05) is 19.4 Å². The lowest BCUT2D eigenvalue weighted by molar-refractivity contribution is -0.136. The van der Waals surface area contributed by atoms with E-state index in [0.29, 0.717) is 13.0 Å². The fraction of sp³-hybridized carbons (Fsp3) is 0.400. The molecule has 7 heteroatoms. The van der Waals surface area contributed by atoms with Crippen molar-refractivity contribution in [1.82, 2.24) is 4.98 Å². The maximum atomic E-state index is 10.4. The van der Waals surface area contributed by atoms with Gasteiger partial charge in [0, 0.05) is 36.4 Å². The Hall–Kier alpha value is -1.54. The smallest absolute Gasteiger partial charge is 0.303 e. The molecule has 6 N–H and O–H groups in total. The zero-order chi connectivity index (χ0) is 16.8. The van der Waals surface area contributed by atoms with Gasteiger partial charge in [0.2, 0.25) is 0 Å². The number of benzene rings is 1. The summed E-state index contributed by atoms with van der Waals surface area (Å²) in [7, 11) is 1.00. The highest BCUT2D eigenvalue weighted by molar-refractivity contribution is 7.93. The van der Waals surface area contributed by atoms with Gasteiger partial charge in [-0.05, 0) is 43.1 Å². The van der Waals surface area contributed by atoms with Gasteiger partial charge in [-0.2, -0.15) is 0 Å². The van der Waals surface area contributed by atoms with E-state index >= 15 is 0 Å². The molecule has 2 aromatic rings. The number of rotatable bonds is 6. The Labute approximate surface area is 134 Å². The molecule has 1 aromatic carbocycles. The van der Waals surface area contributed by atoms with Gasteiger partial charge in [-0.3, -0.25) is 4.79 Å². The van der Waals surface area contributed by atoms with Crippen molar-refractivity contribution in [2.45, 2.75) is 19.3 Å². The van der Waals surface area contributed by atoms with Crippen LogP contribution in [0.25, 0.3) is 10.9 Å². The number of carboxylic acid groups (broad SMARTS) is 1. The molecule has 2 rings (SSSR count). The van der Waals surface area contributed by atoms with Gasteiger partial charge >= 0.3 is 5.97 Å². The van der Waals surface area contributed by atoms with Crippen LogP contribution in [0.3, 0.4) is 0 Å². The van der Waals surface area contributed by atoms with Crippen LogP contribution in [0.4, 0.5) is 0 Å². The third kappa shape index (κ3) is 8.04. The maximum Gasteiger partial charge on any atom is 0.303 e. The summed E-state index contributed by atoms with van der Waals surface area (Å²) in [6.45, 7) is 0.674. The van der Waals surface area contributed by atoms with Crippen molar-refractivity contribution in [2.24, 2.45) is 5.73 Å². The van der Waals surface area contributed by atoms with Gasteiger partial charge in [0.05, 0.1) is 0 Å². The second-order valence-corrected chi connectivity index (χ2v) is 4.90. The molecule has 0 aliphatic carbocycles. The third-order valence-electron chi connectivity index (χ3n) is 2.72. The van der Waals surface area contributed by atoms with Gasteiger partial charge in [-0.1, -0.05) is 18.2 Å². The molecule has 0 aliphatic heterocycles. The molecule has 0 amide bonds. The number of aromatic nitrogens is 1. The molecule has 1 aromatic heterocycles.